The summed E-state index contributed by atoms with van der Waals surface area (Å²) in [6.07, 6.45) is -5.05. The number of aryl methyl sites for hydroxylation is 1. The summed E-state index contributed by atoms with van der Waals surface area (Å²) in [6.45, 7) is 4.56. The number of nitrogens with one attached hydrogen (secondary N) is 1. The first kappa shape index (κ1) is 33.3. The van der Waals surface area contributed by atoms with Gasteiger partial charge in [-0.05, 0) is 49.8 Å². The Morgan fingerprint density at radius 1 is 0.886 bits per heavy atom. The largest absolute Gasteiger partial charge is 0.451 e. The van der Waals surface area contributed by atoms with Crippen molar-refractivity contribution in [2.75, 3.05) is 55.6 Å². The predicted octanol–water partition coefficient (Wildman–Crippen LogP) is 5.95. The summed E-state index contributed by atoms with van der Waals surface area (Å²) in [5, 5.41) is 2.85. The van der Waals surface area contributed by atoms with E-state index in [0.717, 1.165) is 25.0 Å². The summed E-state index contributed by atoms with van der Waals surface area (Å²) in [5.74, 6) is -1.45. The van der Waals surface area contributed by atoms with Crippen molar-refractivity contribution in [3.63, 3.8) is 0 Å². The second-order valence-electron chi connectivity index (χ2n) is 11.3. The highest BCUT2D eigenvalue weighted by Crippen LogP contribution is 2.33. The number of carbonyl (C=O) groups is 2. The number of hydrogen-bond acceptors (Lipinski definition) is 6. The van der Waals surface area contributed by atoms with Gasteiger partial charge in [0, 0.05) is 64.2 Å². The summed E-state index contributed by atoms with van der Waals surface area (Å²) < 4.78 is 79.9. The van der Waals surface area contributed by atoms with E-state index in [9.17, 15) is 35.9 Å². The van der Waals surface area contributed by atoms with Gasteiger partial charge in [-0.3, -0.25) is 4.79 Å². The third-order valence-electron chi connectivity index (χ3n) is 8.02. The fourth-order valence-electron chi connectivity index (χ4n) is 5.47. The van der Waals surface area contributed by atoms with E-state index in [0.29, 0.717) is 70.5 Å². The number of alkyl halides is 6. The normalized spacial score (nSPS) is 18.0. The minimum absolute atomic E-state index is 0.0275. The van der Waals surface area contributed by atoms with Crippen molar-refractivity contribution in [3.8, 4) is 0 Å². The van der Waals surface area contributed by atoms with Crippen LogP contribution in [0, 0.1) is 5.92 Å². The molecule has 0 saturated carbocycles. The fraction of sp³-hybridized carbons (Fsp3) is 0.600. The third-order valence-corrected chi connectivity index (χ3v) is 8.02. The molecule has 2 aromatic rings. The molecule has 4 rings (SSSR count). The van der Waals surface area contributed by atoms with Crippen LogP contribution in [-0.4, -0.2) is 72.5 Å². The standard InChI is InChI=1S/C30H38F6N6O2/c1-2-3-13-37-28(44)41-17-15-40(16-18-41)25-19-26(39-27(38-25)30(34,35)36)42-14-5-7-22(20-42)24(43)8-4-6-21-9-11-23(12-10-21)29(31,32)33/h9-12,19,22H,2-8,13-18,20H2,1H3,(H,37,44)/t22-/m1/s1. The molecule has 8 nitrogen and oxygen atoms in total. The number of carbonyl (C=O) groups excluding carboxylic acids is 2. The van der Waals surface area contributed by atoms with Gasteiger partial charge in [0.15, 0.2) is 0 Å². The molecule has 0 unspecified atom stereocenters. The fourth-order valence-corrected chi connectivity index (χ4v) is 5.47. The number of anilines is 2. The molecular weight excluding hydrogens is 590 g/mol. The van der Waals surface area contributed by atoms with E-state index in [1.54, 1.807) is 14.7 Å². The summed E-state index contributed by atoms with van der Waals surface area (Å²) in [7, 11) is 0. The van der Waals surface area contributed by atoms with Gasteiger partial charge in [-0.2, -0.15) is 26.3 Å². The van der Waals surface area contributed by atoms with E-state index in [1.807, 2.05) is 6.92 Å². The Morgan fingerprint density at radius 3 is 2.16 bits per heavy atom. The Bertz CT molecular complexity index is 1260. The summed E-state index contributed by atoms with van der Waals surface area (Å²) in [5.41, 5.74) is -0.0316. The average Bonchev–Trinajstić information content (AvgIpc) is 3.00. The Morgan fingerprint density at radius 2 is 1.55 bits per heavy atom. The van der Waals surface area contributed by atoms with Crippen LogP contribution in [-0.2, 0) is 23.6 Å². The van der Waals surface area contributed by atoms with Crippen molar-refractivity contribution < 1.29 is 35.9 Å². The first-order valence-electron chi connectivity index (χ1n) is 15.0. The van der Waals surface area contributed by atoms with Gasteiger partial charge >= 0.3 is 18.4 Å². The number of piperazine rings is 1. The number of aromatic nitrogens is 2. The van der Waals surface area contributed by atoms with Gasteiger partial charge in [0.05, 0.1) is 5.56 Å². The van der Waals surface area contributed by atoms with E-state index >= 15 is 0 Å². The quantitative estimate of drug-likeness (QED) is 0.259. The molecule has 0 aliphatic carbocycles. The number of ketones is 1. The molecule has 0 spiro atoms. The Balaban J connectivity index is 1.37. The molecule has 14 heteroatoms. The molecular formula is C30H38F6N6O2. The number of hydrogen-bond donors (Lipinski definition) is 1. The first-order chi connectivity index (χ1) is 20.8. The zero-order chi connectivity index (χ0) is 31.9. The van der Waals surface area contributed by atoms with Crippen LogP contribution < -0.4 is 15.1 Å². The van der Waals surface area contributed by atoms with Crippen LogP contribution in [0.1, 0.15) is 62.4 Å². The van der Waals surface area contributed by atoms with Crippen LogP contribution in [0.2, 0.25) is 0 Å². The van der Waals surface area contributed by atoms with Gasteiger partial charge in [-0.1, -0.05) is 25.5 Å². The number of unbranched alkanes of at least 4 members (excludes halogenated alkanes) is 1. The lowest BCUT2D eigenvalue weighted by molar-refractivity contribution is -0.145. The molecule has 2 saturated heterocycles. The zero-order valence-electron chi connectivity index (χ0n) is 24.7. The molecule has 2 fully saturated rings. The number of benzene rings is 1. The Labute approximate surface area is 252 Å². The number of amides is 2. The molecule has 2 aliphatic heterocycles. The average molecular weight is 629 g/mol. The van der Waals surface area contributed by atoms with Gasteiger partial charge < -0.3 is 20.0 Å². The minimum atomic E-state index is -4.77. The molecule has 0 radical (unpaired) electrons. The summed E-state index contributed by atoms with van der Waals surface area (Å²) >= 11 is 0. The maximum absolute atomic E-state index is 13.8. The third kappa shape index (κ3) is 8.98. The minimum Gasteiger partial charge on any atom is -0.356 e. The molecule has 3 heterocycles. The lowest BCUT2D eigenvalue weighted by atomic mass is 9.90. The predicted molar refractivity (Wildman–Crippen MR) is 153 cm³/mol. The number of rotatable bonds is 10. The van der Waals surface area contributed by atoms with Crippen molar-refractivity contribution in [1.29, 1.82) is 0 Å². The number of nitrogens with zero attached hydrogens (tertiary/aromatic N) is 5. The lowest BCUT2D eigenvalue weighted by Crippen LogP contribution is -2.52. The summed E-state index contributed by atoms with van der Waals surface area (Å²) in [6, 6.07) is 6.18. The van der Waals surface area contributed by atoms with E-state index in [-0.39, 0.29) is 42.3 Å². The number of piperidine rings is 1. The maximum Gasteiger partial charge on any atom is 0.451 e. The number of urea groups is 1. The second kappa shape index (κ2) is 14.5. The maximum atomic E-state index is 13.8. The Hall–Kier alpha value is -3.58. The molecule has 1 aromatic carbocycles. The molecule has 2 aliphatic rings. The van der Waals surface area contributed by atoms with Crippen LogP contribution in [0.5, 0.6) is 0 Å². The number of halogens is 6. The van der Waals surface area contributed by atoms with Crippen LogP contribution in [0.15, 0.2) is 30.3 Å². The van der Waals surface area contributed by atoms with Gasteiger partial charge in [-0.25, -0.2) is 14.8 Å². The summed E-state index contributed by atoms with van der Waals surface area (Å²) in [4.78, 5) is 38.1. The van der Waals surface area contributed by atoms with Gasteiger partial charge in [0.1, 0.15) is 17.4 Å². The van der Waals surface area contributed by atoms with Crippen LogP contribution in [0.25, 0.3) is 0 Å². The monoisotopic (exact) mass is 628 g/mol. The Kier molecular flexibility index (Phi) is 11.0. The highest BCUT2D eigenvalue weighted by atomic mass is 19.4. The van der Waals surface area contributed by atoms with Crippen molar-refractivity contribution in [2.45, 2.75) is 64.2 Å². The van der Waals surface area contributed by atoms with Crippen LogP contribution in [0.3, 0.4) is 0 Å². The topological polar surface area (TPSA) is 81.7 Å². The van der Waals surface area contributed by atoms with E-state index in [4.69, 9.17) is 0 Å². The molecule has 1 atom stereocenters. The number of Topliss-reactive ketones (excluding diaryl/α,β-unsaturated/α-hetero) is 1. The second-order valence-corrected chi connectivity index (χ2v) is 11.3. The van der Waals surface area contributed by atoms with Crippen molar-refractivity contribution in [1.82, 2.24) is 20.2 Å². The van der Waals surface area contributed by atoms with Gasteiger partial charge in [0.2, 0.25) is 5.82 Å². The molecule has 1 aromatic heterocycles. The van der Waals surface area contributed by atoms with Gasteiger partial charge in [-0.15, -0.1) is 0 Å². The van der Waals surface area contributed by atoms with Crippen molar-refractivity contribution in [2.24, 2.45) is 5.92 Å². The highest BCUT2D eigenvalue weighted by Gasteiger charge is 2.37. The molecule has 0 bridgehead atoms. The van der Waals surface area contributed by atoms with Crippen LogP contribution in [0.4, 0.5) is 42.8 Å². The molecule has 44 heavy (non-hydrogen) atoms. The van der Waals surface area contributed by atoms with E-state index in [1.165, 1.54) is 18.2 Å². The zero-order valence-corrected chi connectivity index (χ0v) is 24.7. The van der Waals surface area contributed by atoms with Crippen molar-refractivity contribution in [3.05, 3.63) is 47.3 Å². The van der Waals surface area contributed by atoms with Crippen molar-refractivity contribution >= 4 is 23.5 Å². The molecule has 242 valence electrons. The highest BCUT2D eigenvalue weighted by molar-refractivity contribution is 5.82. The SMILES string of the molecule is CCCCNC(=O)N1CCN(c2cc(N3CCC[C@@H](C(=O)CCCc4ccc(C(F)(F)F)cc4)C3)nc(C(F)(F)F)n2)CC1. The first-order valence-corrected chi connectivity index (χ1v) is 15.0. The van der Waals surface area contributed by atoms with Gasteiger partial charge in [0.25, 0.3) is 0 Å². The van der Waals surface area contributed by atoms with E-state index in [2.05, 4.69) is 15.3 Å². The lowest BCUT2D eigenvalue weighted by Gasteiger charge is -2.37. The van der Waals surface area contributed by atoms with E-state index < -0.39 is 23.7 Å². The molecule has 1 N–H and O–H groups in total. The van der Waals surface area contributed by atoms with Crippen LogP contribution >= 0.6 is 0 Å². The smallest absolute Gasteiger partial charge is 0.356 e. The molecule has 2 amide bonds.